The number of carbonyl (C=O) groups excluding carboxylic acids is 2. The van der Waals surface area contributed by atoms with Crippen molar-refractivity contribution in [3.8, 4) is 0 Å². The topological polar surface area (TPSA) is 86.8 Å². The van der Waals surface area contributed by atoms with Gasteiger partial charge in [0.25, 0.3) is 10.0 Å². The predicted octanol–water partition coefficient (Wildman–Crippen LogP) is 5.67. The molecule has 0 radical (unpaired) electrons. The third kappa shape index (κ3) is 8.16. The van der Waals surface area contributed by atoms with Crippen LogP contribution >= 0.6 is 15.9 Å². The number of amides is 2. The van der Waals surface area contributed by atoms with Crippen LogP contribution < -0.4 is 9.62 Å². The second kappa shape index (κ2) is 12.8. The quantitative estimate of drug-likeness (QED) is 0.319. The molecular weight excluding hydrogens is 578 g/mol. The van der Waals surface area contributed by atoms with Gasteiger partial charge in [-0.05, 0) is 76.1 Å². The summed E-state index contributed by atoms with van der Waals surface area (Å²) in [5.74, 6) is -0.765. The first-order valence-corrected chi connectivity index (χ1v) is 15.1. The molecule has 2 amide bonds. The largest absolute Gasteiger partial charge is 0.350 e. The van der Waals surface area contributed by atoms with E-state index in [-0.39, 0.29) is 17.3 Å². The van der Waals surface area contributed by atoms with E-state index in [0.717, 1.165) is 19.9 Å². The first-order chi connectivity index (χ1) is 18.3. The number of halogens is 1. The molecule has 0 aliphatic rings. The van der Waals surface area contributed by atoms with Gasteiger partial charge in [-0.2, -0.15) is 0 Å². The van der Waals surface area contributed by atoms with Crippen molar-refractivity contribution in [2.45, 2.75) is 64.1 Å². The fourth-order valence-corrected chi connectivity index (χ4v) is 5.80. The van der Waals surface area contributed by atoms with Crippen LogP contribution in [-0.4, -0.2) is 43.3 Å². The number of hydrogen-bond acceptors (Lipinski definition) is 4. The zero-order valence-electron chi connectivity index (χ0n) is 23.0. The van der Waals surface area contributed by atoms with Crippen LogP contribution in [0.5, 0.6) is 0 Å². The summed E-state index contributed by atoms with van der Waals surface area (Å²) >= 11 is 3.39. The van der Waals surface area contributed by atoms with Crippen molar-refractivity contribution in [3.05, 3.63) is 94.5 Å². The van der Waals surface area contributed by atoms with Gasteiger partial charge < -0.3 is 10.2 Å². The Morgan fingerprint density at radius 2 is 1.51 bits per heavy atom. The van der Waals surface area contributed by atoms with Crippen LogP contribution in [0, 0.1) is 6.92 Å². The first-order valence-electron chi connectivity index (χ1n) is 12.8. The molecule has 9 heteroatoms. The average molecular weight is 615 g/mol. The Kier molecular flexibility index (Phi) is 9.96. The molecule has 3 rings (SSSR count). The normalized spacial score (nSPS) is 12.5. The van der Waals surface area contributed by atoms with Gasteiger partial charge in [-0.15, -0.1) is 0 Å². The number of sulfonamides is 1. The maximum atomic E-state index is 14.0. The van der Waals surface area contributed by atoms with E-state index in [9.17, 15) is 18.0 Å². The van der Waals surface area contributed by atoms with Gasteiger partial charge in [0.15, 0.2) is 0 Å². The summed E-state index contributed by atoms with van der Waals surface area (Å²) in [6, 6.07) is 21.8. The number of nitrogens with one attached hydrogen (secondary N) is 1. The van der Waals surface area contributed by atoms with Crippen molar-refractivity contribution in [3.63, 3.8) is 0 Å². The highest BCUT2D eigenvalue weighted by atomic mass is 79.9. The van der Waals surface area contributed by atoms with Gasteiger partial charge in [0, 0.05) is 16.6 Å². The third-order valence-electron chi connectivity index (χ3n) is 6.08. The molecule has 0 fully saturated rings. The molecule has 0 saturated heterocycles. The molecule has 3 aromatic carbocycles. The molecule has 7 nitrogen and oxygen atoms in total. The summed E-state index contributed by atoms with van der Waals surface area (Å²) in [6.45, 7) is 9.05. The summed E-state index contributed by atoms with van der Waals surface area (Å²) in [5, 5.41) is 2.97. The molecule has 0 heterocycles. The number of aryl methyl sites for hydroxylation is 1. The van der Waals surface area contributed by atoms with E-state index >= 15 is 0 Å². The summed E-state index contributed by atoms with van der Waals surface area (Å²) < 4.78 is 29.6. The molecule has 3 aromatic rings. The fraction of sp³-hybridized carbons (Fsp3) is 0.333. The molecule has 0 aliphatic carbocycles. The Balaban J connectivity index is 2.05. The number of rotatable bonds is 10. The minimum atomic E-state index is -4.10. The Hall–Kier alpha value is -3.17. The van der Waals surface area contributed by atoms with Gasteiger partial charge in [0.2, 0.25) is 11.8 Å². The maximum absolute atomic E-state index is 14.0. The van der Waals surface area contributed by atoms with E-state index in [1.54, 1.807) is 36.4 Å². The highest BCUT2D eigenvalue weighted by Gasteiger charge is 2.34. The van der Waals surface area contributed by atoms with Crippen molar-refractivity contribution in [2.75, 3.05) is 10.8 Å². The molecular formula is C30H36BrN3O4S. The van der Waals surface area contributed by atoms with Crippen LogP contribution in [0.2, 0.25) is 0 Å². The smallest absolute Gasteiger partial charge is 0.264 e. The monoisotopic (exact) mass is 613 g/mol. The average Bonchev–Trinajstić information content (AvgIpc) is 2.87. The Bertz CT molecular complexity index is 1370. The van der Waals surface area contributed by atoms with Crippen LogP contribution in [0.4, 0.5) is 5.69 Å². The van der Waals surface area contributed by atoms with E-state index in [1.807, 2.05) is 65.0 Å². The lowest BCUT2D eigenvalue weighted by Crippen LogP contribution is -2.55. The number of hydrogen-bond donors (Lipinski definition) is 1. The first kappa shape index (κ1) is 30.4. The molecule has 0 saturated carbocycles. The van der Waals surface area contributed by atoms with Crippen molar-refractivity contribution < 1.29 is 18.0 Å². The van der Waals surface area contributed by atoms with Crippen molar-refractivity contribution >= 4 is 43.5 Å². The Morgan fingerprint density at radius 3 is 2.05 bits per heavy atom. The highest BCUT2D eigenvalue weighted by molar-refractivity contribution is 9.10. The molecule has 1 N–H and O–H groups in total. The van der Waals surface area contributed by atoms with Gasteiger partial charge in [-0.1, -0.05) is 70.9 Å². The molecule has 39 heavy (non-hydrogen) atoms. The minimum Gasteiger partial charge on any atom is -0.350 e. The van der Waals surface area contributed by atoms with Gasteiger partial charge in [-0.3, -0.25) is 13.9 Å². The van der Waals surface area contributed by atoms with Crippen molar-refractivity contribution in [1.82, 2.24) is 10.2 Å². The number of carbonyl (C=O) groups is 2. The summed E-state index contributed by atoms with van der Waals surface area (Å²) in [6.07, 6.45) is 0.365. The second-order valence-corrected chi connectivity index (χ2v) is 13.2. The molecule has 0 aliphatic heterocycles. The SMILES string of the molecule is CCC(C(=O)NC(C)(C)C)N(Cc1ccccc1)C(=O)CN(c1ccc(Br)cc1)S(=O)(=O)c1ccc(C)cc1. The number of anilines is 1. The zero-order valence-corrected chi connectivity index (χ0v) is 25.4. The summed E-state index contributed by atoms with van der Waals surface area (Å²) in [7, 11) is -4.10. The predicted molar refractivity (Wildman–Crippen MR) is 159 cm³/mol. The van der Waals surface area contributed by atoms with Gasteiger partial charge in [-0.25, -0.2) is 8.42 Å². The van der Waals surface area contributed by atoms with Gasteiger partial charge in [0.05, 0.1) is 10.6 Å². The third-order valence-corrected chi connectivity index (χ3v) is 8.40. The lowest BCUT2D eigenvalue weighted by Gasteiger charge is -2.34. The maximum Gasteiger partial charge on any atom is 0.264 e. The Labute approximate surface area is 240 Å². The zero-order chi connectivity index (χ0) is 28.8. The highest BCUT2D eigenvalue weighted by Crippen LogP contribution is 2.26. The molecule has 1 atom stereocenters. The number of benzene rings is 3. The van der Waals surface area contributed by atoms with Gasteiger partial charge in [0.1, 0.15) is 12.6 Å². The second-order valence-electron chi connectivity index (χ2n) is 10.5. The van der Waals surface area contributed by atoms with E-state index in [4.69, 9.17) is 0 Å². The molecule has 0 bridgehead atoms. The van der Waals surface area contributed by atoms with Crippen molar-refractivity contribution in [1.29, 1.82) is 0 Å². The van der Waals surface area contributed by atoms with E-state index < -0.39 is 34.1 Å². The van der Waals surface area contributed by atoms with Crippen LogP contribution in [-0.2, 0) is 26.2 Å². The van der Waals surface area contributed by atoms with Crippen LogP contribution in [0.25, 0.3) is 0 Å². The summed E-state index contributed by atoms with van der Waals surface area (Å²) in [5.41, 5.74) is 1.61. The van der Waals surface area contributed by atoms with Crippen molar-refractivity contribution in [2.24, 2.45) is 0 Å². The van der Waals surface area contributed by atoms with Crippen LogP contribution in [0.3, 0.4) is 0 Å². The summed E-state index contributed by atoms with van der Waals surface area (Å²) in [4.78, 5) is 28.9. The molecule has 1 unspecified atom stereocenters. The standard InChI is InChI=1S/C30H36BrN3O4S/c1-6-27(29(36)32-30(3,4)5)33(20-23-10-8-7-9-11-23)28(35)21-34(25-16-14-24(31)15-17-25)39(37,38)26-18-12-22(2)13-19-26/h7-19,27H,6,20-21H2,1-5H3,(H,32,36). The minimum absolute atomic E-state index is 0.0796. The van der Waals surface area contributed by atoms with E-state index in [2.05, 4.69) is 21.2 Å². The van der Waals surface area contributed by atoms with Crippen LogP contribution in [0.1, 0.15) is 45.2 Å². The molecule has 208 valence electrons. The fourth-order valence-electron chi connectivity index (χ4n) is 4.13. The van der Waals surface area contributed by atoms with Gasteiger partial charge >= 0.3 is 0 Å². The van der Waals surface area contributed by atoms with Crippen LogP contribution in [0.15, 0.2) is 88.2 Å². The lowest BCUT2D eigenvalue weighted by atomic mass is 10.1. The number of nitrogens with zero attached hydrogens (tertiary/aromatic N) is 2. The molecule has 0 spiro atoms. The Morgan fingerprint density at radius 1 is 0.923 bits per heavy atom. The molecule has 0 aromatic heterocycles. The van der Waals surface area contributed by atoms with E-state index in [0.29, 0.717) is 12.1 Å². The van der Waals surface area contributed by atoms with E-state index in [1.165, 1.54) is 17.0 Å². The lowest BCUT2D eigenvalue weighted by molar-refractivity contribution is -0.141.